The van der Waals surface area contributed by atoms with Crippen molar-refractivity contribution >= 4 is 10.8 Å². The maximum absolute atomic E-state index is 12.7. The Kier molecular flexibility index (Phi) is 5.81. The van der Waals surface area contributed by atoms with E-state index in [1.165, 1.54) is 14.2 Å². The van der Waals surface area contributed by atoms with Gasteiger partial charge in [0, 0.05) is 14.2 Å². The molecule has 0 saturated carbocycles. The van der Waals surface area contributed by atoms with Gasteiger partial charge in [-0.15, -0.1) is 0 Å². The average Bonchev–Trinajstić information content (AvgIpc) is 1.97. The number of methoxy groups -OCH3 is 2. The second-order valence-corrected chi connectivity index (χ2v) is 4.31. The maximum Gasteiger partial charge on any atom is 0.0618 e. The van der Waals surface area contributed by atoms with Crippen molar-refractivity contribution in [2.45, 2.75) is 0 Å². The molecule has 0 N–H and O–H groups in total. The molecule has 0 aliphatic rings. The summed E-state index contributed by atoms with van der Waals surface area (Å²) in [6, 6.07) is 0. The van der Waals surface area contributed by atoms with Crippen LogP contribution in [-0.2, 0) is 9.47 Å². The van der Waals surface area contributed by atoms with Crippen LogP contribution >= 0.6 is 10.8 Å². The molecular weight excluding hydrogens is 174 g/mol. The van der Waals surface area contributed by atoms with E-state index in [4.69, 9.17) is 0 Å². The Hall–Kier alpha value is 0.130. The van der Waals surface area contributed by atoms with Gasteiger partial charge in [0.25, 0.3) is 0 Å². The van der Waals surface area contributed by atoms with Crippen LogP contribution in [0.1, 0.15) is 0 Å². The Labute approximate surface area is 67.8 Å². The molecule has 0 aromatic heterocycles. The van der Waals surface area contributed by atoms with Crippen molar-refractivity contribution in [3.8, 4) is 0 Å². The first kappa shape index (κ1) is 11.1. The van der Waals surface area contributed by atoms with Crippen molar-refractivity contribution in [3.63, 3.8) is 0 Å². The highest BCUT2D eigenvalue weighted by Crippen LogP contribution is 2.50. The molecule has 0 aromatic rings. The van der Waals surface area contributed by atoms with Crippen LogP contribution < -0.4 is 0 Å². The summed E-state index contributed by atoms with van der Waals surface area (Å²) >= 11 is 0. The third kappa shape index (κ3) is 6.52. The first-order valence-corrected chi connectivity index (χ1v) is 5.05. The van der Waals surface area contributed by atoms with Gasteiger partial charge in [-0.3, -0.25) is 0 Å². The Balaban J connectivity index is 3.43. The molecule has 0 aliphatic carbocycles. The van der Waals surface area contributed by atoms with Crippen molar-refractivity contribution in [2.24, 2.45) is 0 Å². The molecule has 0 unspecified atom stereocenters. The largest absolute Gasteiger partial charge is 0.384 e. The lowest BCUT2D eigenvalue weighted by Gasteiger charge is -2.19. The van der Waals surface area contributed by atoms with E-state index in [0.29, 0.717) is 0 Å². The number of rotatable bonds is 6. The van der Waals surface area contributed by atoms with Gasteiger partial charge in [0.05, 0.1) is 35.5 Å². The summed E-state index contributed by atoms with van der Waals surface area (Å²) in [7, 11) is -0.611. The van der Waals surface area contributed by atoms with Gasteiger partial charge in [-0.05, 0) is 0 Å². The van der Waals surface area contributed by atoms with Crippen LogP contribution in [-0.4, -0.2) is 38.9 Å². The maximum atomic E-state index is 12.7. The summed E-state index contributed by atoms with van der Waals surface area (Å²) in [6.45, 7) is 0.262. The van der Waals surface area contributed by atoms with Gasteiger partial charge in [0.1, 0.15) is 0 Å². The Morgan fingerprint density at radius 3 is 1.64 bits per heavy atom. The van der Waals surface area contributed by atoms with E-state index in [-0.39, 0.29) is 24.7 Å². The molecule has 0 spiro atoms. The highest BCUT2D eigenvalue weighted by Gasteiger charge is 2.21. The Bertz CT molecular complexity index is 90.6. The summed E-state index contributed by atoms with van der Waals surface area (Å²) < 4.78 is 34.6. The van der Waals surface area contributed by atoms with Crippen LogP contribution in [0.4, 0.5) is 7.77 Å². The van der Waals surface area contributed by atoms with Gasteiger partial charge in [-0.2, -0.15) is 7.77 Å². The molecular formula is C6H14F2O2S. The fraction of sp³-hybridized carbons (Fsp3) is 1.00. The Morgan fingerprint density at radius 1 is 1.00 bits per heavy atom. The number of ether oxygens (including phenoxy) is 2. The van der Waals surface area contributed by atoms with Crippen LogP contribution in [0.5, 0.6) is 0 Å². The second kappa shape index (κ2) is 5.74. The predicted molar refractivity (Wildman–Crippen MR) is 43.3 cm³/mol. The van der Waals surface area contributed by atoms with E-state index >= 15 is 0 Å². The van der Waals surface area contributed by atoms with Gasteiger partial charge in [0.2, 0.25) is 0 Å². The lowest BCUT2D eigenvalue weighted by Crippen LogP contribution is -2.08. The van der Waals surface area contributed by atoms with Gasteiger partial charge < -0.3 is 9.47 Å². The molecule has 2 nitrogen and oxygen atoms in total. The summed E-state index contributed by atoms with van der Waals surface area (Å²) in [5, 5.41) is 0. The summed E-state index contributed by atoms with van der Waals surface area (Å²) in [6.07, 6.45) is 0. The van der Waals surface area contributed by atoms with Crippen molar-refractivity contribution in [3.05, 3.63) is 0 Å². The van der Waals surface area contributed by atoms with Gasteiger partial charge in [0.15, 0.2) is 0 Å². The molecule has 5 heteroatoms. The molecule has 0 fully saturated rings. The SMILES string of the molecule is COCCS(F)(F)CCOC. The minimum absolute atomic E-state index is 0.131. The van der Waals surface area contributed by atoms with Gasteiger partial charge in [-0.1, -0.05) is 0 Å². The first-order chi connectivity index (χ1) is 5.12. The molecule has 0 radical (unpaired) electrons. The zero-order valence-corrected chi connectivity index (χ0v) is 7.63. The molecule has 0 atom stereocenters. The highest BCUT2D eigenvalue weighted by atomic mass is 32.3. The molecule has 0 amide bonds. The number of hydrogen-bond acceptors (Lipinski definition) is 2. The molecule has 11 heavy (non-hydrogen) atoms. The molecule has 0 bridgehead atoms. The number of hydrogen-bond donors (Lipinski definition) is 0. The van der Waals surface area contributed by atoms with Crippen molar-refractivity contribution < 1.29 is 17.2 Å². The molecule has 0 rings (SSSR count). The van der Waals surface area contributed by atoms with Crippen LogP contribution in [0.2, 0.25) is 0 Å². The van der Waals surface area contributed by atoms with E-state index in [1.54, 1.807) is 0 Å². The highest BCUT2D eigenvalue weighted by molar-refractivity contribution is 8.25. The molecule has 0 saturated heterocycles. The van der Waals surface area contributed by atoms with Gasteiger partial charge >= 0.3 is 0 Å². The smallest absolute Gasteiger partial charge is 0.0618 e. The summed E-state index contributed by atoms with van der Waals surface area (Å²) in [4.78, 5) is 0. The summed E-state index contributed by atoms with van der Waals surface area (Å²) in [5.74, 6) is -0.292. The van der Waals surface area contributed by atoms with E-state index < -0.39 is 10.8 Å². The lowest BCUT2D eigenvalue weighted by molar-refractivity contribution is 0.211. The van der Waals surface area contributed by atoms with E-state index in [9.17, 15) is 7.77 Å². The van der Waals surface area contributed by atoms with Gasteiger partial charge in [-0.25, -0.2) is 0 Å². The summed E-state index contributed by atoms with van der Waals surface area (Å²) in [5.41, 5.74) is 0. The zero-order valence-electron chi connectivity index (χ0n) is 6.81. The van der Waals surface area contributed by atoms with E-state index in [0.717, 1.165) is 0 Å². The molecule has 0 aromatic carbocycles. The molecule has 70 valence electrons. The average molecular weight is 188 g/mol. The minimum atomic E-state index is -3.46. The fourth-order valence-corrected chi connectivity index (χ4v) is 1.54. The third-order valence-electron chi connectivity index (χ3n) is 1.17. The minimum Gasteiger partial charge on any atom is -0.384 e. The normalized spacial score (nSPS) is 13.5. The van der Waals surface area contributed by atoms with Crippen molar-refractivity contribution in [2.75, 3.05) is 38.9 Å². The second-order valence-electron chi connectivity index (χ2n) is 2.09. The Morgan fingerprint density at radius 2 is 1.36 bits per heavy atom. The monoisotopic (exact) mass is 188 g/mol. The third-order valence-corrected chi connectivity index (χ3v) is 2.70. The lowest BCUT2D eigenvalue weighted by atomic mass is 10.8. The number of halogens is 2. The van der Waals surface area contributed by atoms with E-state index in [1.807, 2.05) is 0 Å². The van der Waals surface area contributed by atoms with Crippen LogP contribution in [0.15, 0.2) is 0 Å². The molecule has 0 heterocycles. The predicted octanol–water partition coefficient (Wildman–Crippen LogP) is 1.85. The standard InChI is InChI=1S/C6H14F2O2S/c1-9-3-5-11(7,8)6-4-10-2/h3-6H2,1-2H3. The van der Waals surface area contributed by atoms with Crippen molar-refractivity contribution in [1.29, 1.82) is 0 Å². The van der Waals surface area contributed by atoms with Crippen LogP contribution in [0.25, 0.3) is 0 Å². The van der Waals surface area contributed by atoms with E-state index in [2.05, 4.69) is 9.47 Å². The fourth-order valence-electron chi connectivity index (χ4n) is 0.513. The van der Waals surface area contributed by atoms with Crippen LogP contribution in [0.3, 0.4) is 0 Å². The molecule has 0 aliphatic heterocycles. The first-order valence-electron chi connectivity index (χ1n) is 3.28. The van der Waals surface area contributed by atoms with Crippen molar-refractivity contribution in [1.82, 2.24) is 0 Å². The van der Waals surface area contributed by atoms with Crippen LogP contribution in [0, 0.1) is 0 Å². The quantitative estimate of drug-likeness (QED) is 0.633. The topological polar surface area (TPSA) is 18.5 Å². The zero-order chi connectivity index (χ0) is 8.74.